The van der Waals surface area contributed by atoms with Crippen LogP contribution in [0.1, 0.15) is 25.8 Å². The molecule has 0 atom stereocenters. The first-order valence-electron chi connectivity index (χ1n) is 10.2. The largest absolute Gasteiger partial charge is 0.354 e. The first kappa shape index (κ1) is 23.0. The third-order valence-corrected chi connectivity index (χ3v) is 5.67. The van der Waals surface area contributed by atoms with E-state index in [1.165, 1.54) is 27.2 Å². The fourth-order valence-corrected chi connectivity index (χ4v) is 4.02. The number of amides is 1. The van der Waals surface area contributed by atoms with Gasteiger partial charge in [0.25, 0.3) is 5.56 Å². The molecule has 1 amide bonds. The van der Waals surface area contributed by atoms with Crippen molar-refractivity contribution < 1.29 is 9.18 Å². The zero-order valence-electron chi connectivity index (χ0n) is 17.8. The van der Waals surface area contributed by atoms with Gasteiger partial charge in [0.15, 0.2) is 0 Å². The van der Waals surface area contributed by atoms with Crippen LogP contribution in [-0.2, 0) is 17.9 Å². The molecule has 2 aromatic carbocycles. The Morgan fingerprint density at radius 3 is 2.61 bits per heavy atom. The van der Waals surface area contributed by atoms with Crippen molar-refractivity contribution in [3.8, 4) is 0 Å². The summed E-state index contributed by atoms with van der Waals surface area (Å²) in [6.45, 7) is 3.65. The molecule has 2 aromatic heterocycles. The third-order valence-electron chi connectivity index (χ3n) is 5.09. The number of fused-ring (bicyclic) bond motifs is 3. The summed E-state index contributed by atoms with van der Waals surface area (Å²) in [5.41, 5.74) is -0.114. The number of aryl methyl sites for hydroxylation is 1. The van der Waals surface area contributed by atoms with Gasteiger partial charge in [0, 0.05) is 29.1 Å². The summed E-state index contributed by atoms with van der Waals surface area (Å²) in [5.74, 6) is -0.654. The zero-order chi connectivity index (χ0) is 23.9. The Bertz CT molecular complexity index is 1510. The zero-order valence-corrected chi connectivity index (χ0v) is 19.3. The second-order valence-corrected chi connectivity index (χ2v) is 8.75. The predicted molar refractivity (Wildman–Crippen MR) is 125 cm³/mol. The van der Waals surface area contributed by atoms with Gasteiger partial charge in [-0.25, -0.2) is 18.3 Å². The lowest BCUT2D eigenvalue weighted by molar-refractivity contribution is -0.121. The van der Waals surface area contributed by atoms with Crippen LogP contribution in [-0.4, -0.2) is 30.7 Å². The highest BCUT2D eigenvalue weighted by Gasteiger charge is 2.19. The molecule has 0 spiro atoms. The lowest BCUT2D eigenvalue weighted by Gasteiger charge is -2.11. The highest BCUT2D eigenvalue weighted by molar-refractivity contribution is 6.31. The summed E-state index contributed by atoms with van der Waals surface area (Å²) in [4.78, 5) is 38.7. The van der Waals surface area contributed by atoms with Crippen LogP contribution in [0.2, 0.25) is 10.0 Å². The SMILES string of the molecule is CC(C)NC(=O)CCn1c(=O)c2cc(Cl)ccc2n2c(=O)n(Cc3ccc(F)cc3Cl)nc12. The van der Waals surface area contributed by atoms with E-state index in [0.29, 0.717) is 16.1 Å². The first-order chi connectivity index (χ1) is 15.7. The number of hydrogen-bond acceptors (Lipinski definition) is 4. The number of rotatable bonds is 6. The van der Waals surface area contributed by atoms with E-state index in [-0.39, 0.29) is 47.6 Å². The summed E-state index contributed by atoms with van der Waals surface area (Å²) in [7, 11) is 0. The summed E-state index contributed by atoms with van der Waals surface area (Å²) < 4.78 is 17.1. The number of carbonyl (C=O) groups excluding carboxylic acids is 1. The van der Waals surface area contributed by atoms with E-state index in [2.05, 4.69) is 10.4 Å². The molecule has 33 heavy (non-hydrogen) atoms. The van der Waals surface area contributed by atoms with E-state index in [9.17, 15) is 18.8 Å². The molecule has 4 rings (SSSR count). The molecule has 0 fully saturated rings. The summed E-state index contributed by atoms with van der Waals surface area (Å²) >= 11 is 12.2. The normalized spacial score (nSPS) is 11.6. The van der Waals surface area contributed by atoms with Crippen LogP contribution in [0.5, 0.6) is 0 Å². The molecule has 4 aromatic rings. The highest BCUT2D eigenvalue weighted by Crippen LogP contribution is 2.19. The molecular formula is C22H20Cl2FN5O3. The maximum Gasteiger partial charge on any atom is 0.352 e. The second kappa shape index (κ2) is 8.99. The van der Waals surface area contributed by atoms with Gasteiger partial charge >= 0.3 is 5.69 Å². The van der Waals surface area contributed by atoms with Crippen LogP contribution < -0.4 is 16.6 Å². The standard InChI is InChI=1S/C22H20Cl2FN5O3/c1-12(2)26-19(31)7-8-28-20(32)16-9-14(23)4-6-18(16)30-21(28)27-29(22(30)33)11-13-3-5-15(25)10-17(13)24/h3-6,9-10,12H,7-8,11H2,1-2H3,(H,26,31). The van der Waals surface area contributed by atoms with Crippen molar-refractivity contribution in [2.45, 2.75) is 39.4 Å². The van der Waals surface area contributed by atoms with Gasteiger partial charge in [0.05, 0.1) is 17.4 Å². The van der Waals surface area contributed by atoms with Gasteiger partial charge in [0.2, 0.25) is 11.7 Å². The first-order valence-corrected chi connectivity index (χ1v) is 11.0. The van der Waals surface area contributed by atoms with E-state index < -0.39 is 17.1 Å². The third kappa shape index (κ3) is 4.51. The molecule has 8 nitrogen and oxygen atoms in total. The molecule has 11 heteroatoms. The highest BCUT2D eigenvalue weighted by atomic mass is 35.5. The Hall–Kier alpha value is -3.17. The lowest BCUT2D eigenvalue weighted by atomic mass is 10.2. The van der Waals surface area contributed by atoms with Gasteiger partial charge in [0.1, 0.15) is 5.82 Å². The number of hydrogen-bond donors (Lipinski definition) is 1. The molecule has 0 unspecified atom stereocenters. The van der Waals surface area contributed by atoms with Crippen molar-refractivity contribution in [2.24, 2.45) is 0 Å². The van der Waals surface area contributed by atoms with Crippen molar-refractivity contribution in [2.75, 3.05) is 0 Å². The average Bonchev–Trinajstić information content (AvgIpc) is 3.05. The number of carbonyl (C=O) groups is 1. The molecule has 0 aliphatic heterocycles. The number of nitrogens with one attached hydrogen (secondary N) is 1. The number of nitrogens with zero attached hydrogens (tertiary/aromatic N) is 4. The lowest BCUT2D eigenvalue weighted by Crippen LogP contribution is -2.32. The van der Waals surface area contributed by atoms with Crippen molar-refractivity contribution in [3.63, 3.8) is 0 Å². The van der Waals surface area contributed by atoms with Crippen LogP contribution in [0.3, 0.4) is 0 Å². The molecule has 172 valence electrons. The maximum atomic E-state index is 13.4. The van der Waals surface area contributed by atoms with Crippen LogP contribution >= 0.6 is 23.2 Å². The Morgan fingerprint density at radius 2 is 1.91 bits per heavy atom. The Morgan fingerprint density at radius 1 is 1.15 bits per heavy atom. The molecule has 0 aliphatic carbocycles. The fraction of sp³-hybridized carbons (Fsp3) is 0.273. The van der Waals surface area contributed by atoms with E-state index in [0.717, 1.165) is 10.7 Å². The smallest absolute Gasteiger partial charge is 0.352 e. The minimum absolute atomic E-state index is 0.0110. The number of halogens is 3. The summed E-state index contributed by atoms with van der Waals surface area (Å²) in [5, 5.41) is 7.84. The van der Waals surface area contributed by atoms with Crippen molar-refractivity contribution in [1.29, 1.82) is 0 Å². The minimum atomic E-state index is -0.516. The molecular weight excluding hydrogens is 472 g/mol. The summed E-state index contributed by atoms with van der Waals surface area (Å²) in [6, 6.07) is 8.43. The molecule has 0 bridgehead atoms. The predicted octanol–water partition coefficient (Wildman–Crippen LogP) is 3.22. The quantitative estimate of drug-likeness (QED) is 0.448. The summed E-state index contributed by atoms with van der Waals surface area (Å²) in [6.07, 6.45) is 0.0185. The Balaban J connectivity index is 1.89. The number of aromatic nitrogens is 4. The number of benzene rings is 2. The molecule has 2 heterocycles. The molecule has 1 N–H and O–H groups in total. The van der Waals surface area contributed by atoms with Crippen LogP contribution in [0.15, 0.2) is 46.0 Å². The fourth-order valence-electron chi connectivity index (χ4n) is 3.62. The molecule has 0 saturated heterocycles. The van der Waals surface area contributed by atoms with Crippen LogP contribution in [0.25, 0.3) is 16.7 Å². The van der Waals surface area contributed by atoms with Gasteiger partial charge in [-0.1, -0.05) is 29.3 Å². The Labute approximate surface area is 197 Å². The van der Waals surface area contributed by atoms with Gasteiger partial charge < -0.3 is 5.32 Å². The van der Waals surface area contributed by atoms with Crippen molar-refractivity contribution in [3.05, 3.63) is 78.7 Å². The molecule has 0 aliphatic rings. The second-order valence-electron chi connectivity index (χ2n) is 7.90. The van der Waals surface area contributed by atoms with Crippen LogP contribution in [0.4, 0.5) is 4.39 Å². The van der Waals surface area contributed by atoms with Gasteiger partial charge in [-0.2, -0.15) is 0 Å². The van der Waals surface area contributed by atoms with Gasteiger partial charge in [-0.3, -0.25) is 14.2 Å². The maximum absolute atomic E-state index is 13.4. The van der Waals surface area contributed by atoms with Crippen molar-refractivity contribution >= 4 is 45.8 Å². The molecule has 0 radical (unpaired) electrons. The minimum Gasteiger partial charge on any atom is -0.354 e. The molecule has 0 saturated carbocycles. The monoisotopic (exact) mass is 491 g/mol. The van der Waals surface area contributed by atoms with E-state index in [4.69, 9.17) is 23.2 Å². The average molecular weight is 492 g/mol. The van der Waals surface area contributed by atoms with E-state index in [1.54, 1.807) is 12.1 Å². The van der Waals surface area contributed by atoms with Gasteiger partial charge in [-0.05, 0) is 49.7 Å². The van der Waals surface area contributed by atoms with Crippen molar-refractivity contribution in [1.82, 2.24) is 24.1 Å². The Kier molecular flexibility index (Phi) is 6.27. The van der Waals surface area contributed by atoms with Crippen LogP contribution in [0, 0.1) is 5.82 Å². The van der Waals surface area contributed by atoms with E-state index in [1.807, 2.05) is 13.8 Å². The van der Waals surface area contributed by atoms with Gasteiger partial charge in [-0.15, -0.1) is 5.10 Å². The topological polar surface area (TPSA) is 90.4 Å². The van der Waals surface area contributed by atoms with E-state index >= 15 is 0 Å².